The monoisotopic (exact) mass is 257 g/mol. The van der Waals surface area contributed by atoms with Crippen LogP contribution in [0.5, 0.6) is 0 Å². The maximum absolute atomic E-state index is 10.9. The van der Waals surface area contributed by atoms with Crippen LogP contribution in [-0.2, 0) is 9.53 Å². The maximum atomic E-state index is 10.9. The second-order valence-electron chi connectivity index (χ2n) is 4.84. The highest BCUT2D eigenvalue weighted by Gasteiger charge is 2.32. The first-order chi connectivity index (χ1) is 8.49. The Labute approximate surface area is 107 Å². The van der Waals surface area contributed by atoms with Crippen molar-refractivity contribution in [3.8, 4) is 0 Å². The number of primary amides is 1. The summed E-state index contributed by atoms with van der Waals surface area (Å²) < 4.78 is 5.71. The molecule has 18 heavy (non-hydrogen) atoms. The van der Waals surface area contributed by atoms with E-state index < -0.39 is 11.9 Å². The average Bonchev–Trinajstić information content (AvgIpc) is 2.83. The number of hydrogen-bond acceptors (Lipinski definition) is 5. The molecule has 1 fully saturated rings. The summed E-state index contributed by atoms with van der Waals surface area (Å²) in [7, 11) is 0. The van der Waals surface area contributed by atoms with E-state index in [2.05, 4.69) is 0 Å². The van der Waals surface area contributed by atoms with E-state index in [4.69, 9.17) is 26.7 Å². The molecule has 1 amide bonds. The van der Waals surface area contributed by atoms with Crippen molar-refractivity contribution in [2.75, 3.05) is 6.61 Å². The van der Waals surface area contributed by atoms with Gasteiger partial charge in [0, 0.05) is 0 Å². The van der Waals surface area contributed by atoms with Crippen molar-refractivity contribution in [3.63, 3.8) is 0 Å². The number of hydrogen-bond donors (Lipinski definition) is 4. The quantitative estimate of drug-likeness (QED) is 0.471. The number of amides is 1. The number of rotatable bonds is 7. The second-order valence-corrected chi connectivity index (χ2v) is 4.84. The normalized spacial score (nSPS) is 26.8. The van der Waals surface area contributed by atoms with Crippen LogP contribution < -0.4 is 11.5 Å². The molecular formula is C12H23N3O3. The summed E-state index contributed by atoms with van der Waals surface area (Å²) in [4.78, 5) is 10.9. The van der Waals surface area contributed by atoms with Gasteiger partial charge in [-0.1, -0.05) is 13.3 Å². The minimum absolute atomic E-state index is 0.0378. The van der Waals surface area contributed by atoms with Gasteiger partial charge in [-0.05, 0) is 25.2 Å². The molecule has 0 aromatic rings. The topological polar surface area (TPSA) is 122 Å². The summed E-state index contributed by atoms with van der Waals surface area (Å²) in [5.74, 6) is -0.575. The van der Waals surface area contributed by atoms with Gasteiger partial charge in [0.25, 0.3) is 5.91 Å². The fraction of sp³-hybridized carbons (Fsp3) is 0.833. The van der Waals surface area contributed by atoms with Crippen LogP contribution in [-0.4, -0.2) is 41.6 Å². The molecule has 6 N–H and O–H groups in total. The number of aliphatic hydroxyl groups excluding tert-OH is 1. The molecule has 1 heterocycles. The molecule has 0 aromatic heterocycles. The molecule has 4 unspecified atom stereocenters. The first kappa shape index (κ1) is 15.1. The molecule has 0 spiro atoms. The molecule has 0 bridgehead atoms. The number of carbonyl (C=O) groups excluding carboxylic acids is 1. The molecule has 6 heteroatoms. The van der Waals surface area contributed by atoms with Crippen LogP contribution >= 0.6 is 0 Å². The molecule has 6 nitrogen and oxygen atoms in total. The van der Waals surface area contributed by atoms with Crippen LogP contribution in [0.3, 0.4) is 0 Å². The molecule has 0 saturated carbocycles. The summed E-state index contributed by atoms with van der Waals surface area (Å²) in [5.41, 5.74) is 10.6. The second kappa shape index (κ2) is 6.82. The van der Waals surface area contributed by atoms with E-state index in [1.54, 1.807) is 0 Å². The smallest absolute Gasteiger partial charge is 0.263 e. The van der Waals surface area contributed by atoms with Gasteiger partial charge in [0.15, 0.2) is 0 Å². The summed E-state index contributed by atoms with van der Waals surface area (Å²) in [6.07, 6.45) is 3.08. The predicted octanol–water partition coefficient (Wildman–Crippen LogP) is -0.225. The molecule has 0 aliphatic carbocycles. The highest BCUT2D eigenvalue weighted by atomic mass is 16.5. The van der Waals surface area contributed by atoms with Crippen molar-refractivity contribution in [1.82, 2.24) is 0 Å². The van der Waals surface area contributed by atoms with Gasteiger partial charge >= 0.3 is 0 Å². The molecule has 1 aliphatic heterocycles. The van der Waals surface area contributed by atoms with E-state index in [0.717, 1.165) is 19.3 Å². The standard InChI is InChI=1S/C12H23N3O3/c1-2-7(5-9(13)11(14)12(15)17)10-4-3-8(6-16)18-10/h7-10,14,16H,2-6,13H2,1H3,(H2,15,17). The first-order valence-electron chi connectivity index (χ1n) is 6.39. The summed E-state index contributed by atoms with van der Waals surface area (Å²) in [5, 5.41) is 16.5. The fourth-order valence-corrected chi connectivity index (χ4v) is 2.42. The van der Waals surface area contributed by atoms with Gasteiger partial charge < -0.3 is 21.3 Å². The van der Waals surface area contributed by atoms with Gasteiger partial charge in [-0.3, -0.25) is 10.2 Å². The van der Waals surface area contributed by atoms with Gasteiger partial charge in [0.2, 0.25) is 0 Å². The largest absolute Gasteiger partial charge is 0.394 e. The Hall–Kier alpha value is -0.980. The zero-order valence-corrected chi connectivity index (χ0v) is 10.8. The fourth-order valence-electron chi connectivity index (χ4n) is 2.42. The average molecular weight is 257 g/mol. The number of ether oxygens (including phenoxy) is 1. The number of nitrogens with two attached hydrogens (primary N) is 2. The zero-order valence-electron chi connectivity index (χ0n) is 10.8. The highest BCUT2D eigenvalue weighted by Crippen LogP contribution is 2.29. The van der Waals surface area contributed by atoms with E-state index in [1.807, 2.05) is 6.92 Å². The molecular weight excluding hydrogens is 234 g/mol. The van der Waals surface area contributed by atoms with E-state index in [-0.39, 0.29) is 30.4 Å². The molecule has 0 aromatic carbocycles. The third-order valence-corrected chi connectivity index (χ3v) is 3.59. The van der Waals surface area contributed by atoms with Gasteiger partial charge in [-0.2, -0.15) is 0 Å². The SMILES string of the molecule is CCC(CC(N)C(=N)C(N)=O)C1CCC(CO)O1. The van der Waals surface area contributed by atoms with Crippen LogP contribution in [0.25, 0.3) is 0 Å². The van der Waals surface area contributed by atoms with Crippen LogP contribution in [0.4, 0.5) is 0 Å². The Morgan fingerprint density at radius 1 is 1.56 bits per heavy atom. The van der Waals surface area contributed by atoms with Crippen LogP contribution in [0, 0.1) is 11.3 Å². The summed E-state index contributed by atoms with van der Waals surface area (Å²) in [6.45, 7) is 2.07. The van der Waals surface area contributed by atoms with Crippen molar-refractivity contribution < 1.29 is 14.6 Å². The van der Waals surface area contributed by atoms with Gasteiger partial charge in [0.05, 0.1) is 24.9 Å². The molecule has 0 radical (unpaired) electrons. The van der Waals surface area contributed by atoms with Crippen LogP contribution in [0.2, 0.25) is 0 Å². The van der Waals surface area contributed by atoms with Gasteiger partial charge in [-0.25, -0.2) is 0 Å². The lowest BCUT2D eigenvalue weighted by Gasteiger charge is -2.25. The lowest BCUT2D eigenvalue weighted by Crippen LogP contribution is -2.42. The first-order valence-corrected chi connectivity index (χ1v) is 6.39. The van der Waals surface area contributed by atoms with E-state index in [0.29, 0.717) is 6.42 Å². The van der Waals surface area contributed by atoms with Gasteiger partial charge in [-0.15, -0.1) is 0 Å². The van der Waals surface area contributed by atoms with Crippen LogP contribution in [0.15, 0.2) is 0 Å². The van der Waals surface area contributed by atoms with Crippen molar-refractivity contribution in [3.05, 3.63) is 0 Å². The molecule has 1 aliphatic rings. The minimum Gasteiger partial charge on any atom is -0.394 e. The summed E-state index contributed by atoms with van der Waals surface area (Å²) >= 11 is 0. The Morgan fingerprint density at radius 2 is 2.22 bits per heavy atom. The Morgan fingerprint density at radius 3 is 2.67 bits per heavy atom. The molecule has 1 rings (SSSR count). The van der Waals surface area contributed by atoms with E-state index in [9.17, 15) is 4.79 Å². The summed E-state index contributed by atoms with van der Waals surface area (Å²) in [6, 6.07) is -0.635. The van der Waals surface area contributed by atoms with Crippen molar-refractivity contribution >= 4 is 11.6 Å². The Balaban J connectivity index is 2.52. The Bertz CT molecular complexity index is 309. The Kier molecular flexibility index (Phi) is 5.71. The van der Waals surface area contributed by atoms with E-state index >= 15 is 0 Å². The maximum Gasteiger partial charge on any atom is 0.263 e. The number of nitrogens with one attached hydrogen (secondary N) is 1. The van der Waals surface area contributed by atoms with Gasteiger partial charge in [0.1, 0.15) is 5.71 Å². The molecule has 1 saturated heterocycles. The van der Waals surface area contributed by atoms with Crippen molar-refractivity contribution in [1.29, 1.82) is 5.41 Å². The lowest BCUT2D eigenvalue weighted by molar-refractivity contribution is -0.112. The third kappa shape index (κ3) is 3.76. The highest BCUT2D eigenvalue weighted by molar-refractivity contribution is 6.38. The van der Waals surface area contributed by atoms with Crippen molar-refractivity contribution in [2.45, 2.75) is 50.9 Å². The number of carbonyl (C=O) groups is 1. The minimum atomic E-state index is -0.766. The van der Waals surface area contributed by atoms with Crippen molar-refractivity contribution in [2.24, 2.45) is 17.4 Å². The van der Waals surface area contributed by atoms with E-state index in [1.165, 1.54) is 0 Å². The molecule has 4 atom stereocenters. The van der Waals surface area contributed by atoms with Crippen LogP contribution in [0.1, 0.15) is 32.6 Å². The molecule has 104 valence electrons. The lowest BCUT2D eigenvalue weighted by atomic mass is 9.89. The predicted molar refractivity (Wildman–Crippen MR) is 68.3 cm³/mol. The zero-order chi connectivity index (χ0) is 13.7. The third-order valence-electron chi connectivity index (χ3n) is 3.59. The number of aliphatic hydroxyl groups is 1.